The van der Waals surface area contributed by atoms with Gasteiger partial charge in [0, 0.05) is 18.0 Å². The first-order valence-corrected chi connectivity index (χ1v) is 17.0. The summed E-state index contributed by atoms with van der Waals surface area (Å²) in [6.07, 6.45) is 0.244. The van der Waals surface area contributed by atoms with Crippen molar-refractivity contribution in [2.45, 2.75) is 63.5 Å². The van der Waals surface area contributed by atoms with Crippen LogP contribution in [0.1, 0.15) is 57.7 Å². The number of thioether (sulfide) groups is 1. The molecule has 0 radical (unpaired) electrons. The van der Waals surface area contributed by atoms with Crippen LogP contribution >= 0.6 is 11.8 Å². The van der Waals surface area contributed by atoms with Crippen molar-refractivity contribution in [3.8, 4) is 0 Å². The third-order valence-corrected chi connectivity index (χ3v) is 9.75. The molecule has 6 nitrogen and oxygen atoms in total. The van der Waals surface area contributed by atoms with Gasteiger partial charge in [-0.2, -0.15) is 0 Å². The van der Waals surface area contributed by atoms with Gasteiger partial charge in [0.05, 0.1) is 16.8 Å². The van der Waals surface area contributed by atoms with E-state index in [0.29, 0.717) is 5.75 Å². The number of nitrogens with one attached hydrogen (secondary N) is 1. The monoisotopic (exact) mass is 637 g/mol. The van der Waals surface area contributed by atoms with Gasteiger partial charge in [0.2, 0.25) is 5.91 Å². The van der Waals surface area contributed by atoms with Crippen LogP contribution in [0, 0.1) is 5.92 Å². The summed E-state index contributed by atoms with van der Waals surface area (Å²) in [5.41, 5.74) is 9.92. The van der Waals surface area contributed by atoms with Crippen molar-refractivity contribution >= 4 is 29.4 Å². The minimum absolute atomic E-state index is 0.00718. The summed E-state index contributed by atoms with van der Waals surface area (Å²) >= 11 is 1.72. The molecular formula is C39H47N3O3S. The maximum atomic E-state index is 14.0. The van der Waals surface area contributed by atoms with Gasteiger partial charge in [-0.05, 0) is 55.5 Å². The topological polar surface area (TPSA) is 84.7 Å². The Labute approximate surface area is 278 Å². The maximum Gasteiger partial charge on any atom is 0.407 e. The first-order chi connectivity index (χ1) is 22.0. The van der Waals surface area contributed by atoms with E-state index < -0.39 is 28.5 Å². The highest BCUT2D eigenvalue weighted by Gasteiger charge is 2.38. The summed E-state index contributed by atoms with van der Waals surface area (Å²) < 4.78 is 5.11. The average Bonchev–Trinajstić information content (AvgIpc) is 3.07. The molecule has 242 valence electrons. The van der Waals surface area contributed by atoms with E-state index in [-0.39, 0.29) is 18.4 Å². The zero-order chi connectivity index (χ0) is 33.2. The molecule has 2 amide bonds. The van der Waals surface area contributed by atoms with Crippen LogP contribution in [-0.2, 0) is 14.3 Å². The molecule has 0 unspecified atom stereocenters. The Hall–Kier alpha value is -4.07. The molecule has 0 heterocycles. The van der Waals surface area contributed by atoms with Crippen molar-refractivity contribution in [3.05, 3.63) is 138 Å². The molecule has 4 rings (SSSR count). The second-order valence-electron chi connectivity index (χ2n) is 12.6. The molecule has 0 aliphatic carbocycles. The van der Waals surface area contributed by atoms with Gasteiger partial charge >= 0.3 is 6.09 Å². The van der Waals surface area contributed by atoms with Crippen LogP contribution in [0.5, 0.6) is 0 Å². The van der Waals surface area contributed by atoms with Crippen molar-refractivity contribution in [1.29, 1.82) is 0 Å². The molecule has 0 bridgehead atoms. The highest BCUT2D eigenvalue weighted by molar-refractivity contribution is 8.00. The van der Waals surface area contributed by atoms with Crippen LogP contribution in [0.15, 0.2) is 121 Å². The Morgan fingerprint density at radius 3 is 1.63 bits per heavy atom. The van der Waals surface area contributed by atoms with E-state index >= 15 is 0 Å². The lowest BCUT2D eigenvalue weighted by Gasteiger charge is -2.38. The van der Waals surface area contributed by atoms with E-state index in [2.05, 4.69) is 78.1 Å². The summed E-state index contributed by atoms with van der Waals surface area (Å²) in [6.45, 7) is 9.76. The van der Waals surface area contributed by atoms with Crippen molar-refractivity contribution < 1.29 is 14.3 Å². The SMILES string of the molecule is CC[C@H](C)[C@H](N)C(=O)N(C[C@H](CSC(c1ccccc1)(c1ccccc1)c1ccccc1)NC(=O)OC(C)(C)C)c1ccccc1. The second-order valence-corrected chi connectivity index (χ2v) is 13.9. The number of carbonyl (C=O) groups excluding carboxylic acids is 2. The first kappa shape index (κ1) is 34.8. The Morgan fingerprint density at radius 2 is 1.22 bits per heavy atom. The van der Waals surface area contributed by atoms with Gasteiger partial charge in [-0.1, -0.05) is 129 Å². The lowest BCUT2D eigenvalue weighted by atomic mass is 9.84. The highest BCUT2D eigenvalue weighted by Crippen LogP contribution is 2.48. The maximum absolute atomic E-state index is 14.0. The van der Waals surface area contributed by atoms with Gasteiger partial charge in [0.15, 0.2) is 0 Å². The van der Waals surface area contributed by atoms with Gasteiger partial charge in [0.25, 0.3) is 0 Å². The van der Waals surface area contributed by atoms with Crippen LogP contribution < -0.4 is 16.0 Å². The minimum atomic E-state index is -0.683. The fourth-order valence-electron chi connectivity index (χ4n) is 5.44. The van der Waals surface area contributed by atoms with Gasteiger partial charge < -0.3 is 20.7 Å². The van der Waals surface area contributed by atoms with Gasteiger partial charge in [-0.3, -0.25) is 4.79 Å². The standard InChI is InChI=1S/C39H47N3O3S/c1-6-29(2)35(40)36(43)42(34-25-17-10-18-26-34)27-33(41-37(44)45-38(3,4)5)28-46-39(30-19-11-7-12-20-30,31-21-13-8-14-22-31)32-23-15-9-16-24-32/h7-26,29,33,35H,6,27-28,40H2,1-5H3,(H,41,44)/t29-,33+,35-/m0/s1. The molecule has 0 spiro atoms. The van der Waals surface area contributed by atoms with Crippen molar-refractivity contribution in [3.63, 3.8) is 0 Å². The summed E-state index contributed by atoms with van der Waals surface area (Å²) in [5, 5.41) is 3.12. The number of benzene rings is 4. The third kappa shape index (κ3) is 8.80. The van der Waals surface area contributed by atoms with Crippen LogP contribution in [0.3, 0.4) is 0 Å². The third-order valence-electron chi connectivity index (χ3n) is 8.04. The summed E-state index contributed by atoms with van der Waals surface area (Å²) in [7, 11) is 0. The predicted molar refractivity (Wildman–Crippen MR) is 191 cm³/mol. The van der Waals surface area contributed by atoms with Crippen LogP contribution in [0.2, 0.25) is 0 Å². The van der Waals surface area contributed by atoms with Crippen molar-refractivity contribution in [2.75, 3.05) is 17.2 Å². The Bertz CT molecular complexity index is 1420. The zero-order valence-electron chi connectivity index (χ0n) is 27.6. The fourth-order valence-corrected chi connectivity index (χ4v) is 6.98. The zero-order valence-corrected chi connectivity index (χ0v) is 28.4. The van der Waals surface area contributed by atoms with Crippen molar-refractivity contribution in [1.82, 2.24) is 5.32 Å². The van der Waals surface area contributed by atoms with E-state index in [1.807, 2.05) is 83.1 Å². The van der Waals surface area contributed by atoms with Gasteiger partial charge in [-0.15, -0.1) is 11.8 Å². The fraction of sp³-hybridized carbons (Fsp3) is 0.333. The van der Waals surface area contributed by atoms with Crippen LogP contribution in [0.4, 0.5) is 10.5 Å². The van der Waals surface area contributed by atoms with E-state index in [4.69, 9.17) is 10.5 Å². The molecule has 4 aromatic carbocycles. The molecule has 46 heavy (non-hydrogen) atoms. The summed E-state index contributed by atoms with van der Waals surface area (Å²) in [6, 6.07) is 39.6. The first-order valence-electron chi connectivity index (χ1n) is 16.0. The molecule has 4 aromatic rings. The molecule has 0 saturated carbocycles. The number of nitrogens with two attached hydrogens (primary N) is 1. The number of carbonyl (C=O) groups is 2. The number of rotatable bonds is 13. The summed E-state index contributed by atoms with van der Waals surface area (Å²) in [4.78, 5) is 29.0. The van der Waals surface area contributed by atoms with E-state index in [1.54, 1.807) is 16.7 Å². The van der Waals surface area contributed by atoms with Gasteiger partial charge in [-0.25, -0.2) is 4.79 Å². The molecule has 3 N–H and O–H groups in total. The minimum Gasteiger partial charge on any atom is -0.444 e. The lowest BCUT2D eigenvalue weighted by molar-refractivity contribution is -0.121. The van der Waals surface area contributed by atoms with Crippen LogP contribution in [0.25, 0.3) is 0 Å². The highest BCUT2D eigenvalue weighted by atomic mass is 32.2. The molecule has 3 atom stereocenters. The Balaban J connectivity index is 1.79. The number of para-hydroxylation sites is 1. The Morgan fingerprint density at radius 1 is 0.783 bits per heavy atom. The van der Waals surface area contributed by atoms with E-state index in [9.17, 15) is 9.59 Å². The normalized spacial score (nSPS) is 13.7. The number of alkyl carbamates (subject to hydrolysis) is 1. The largest absolute Gasteiger partial charge is 0.444 e. The quantitative estimate of drug-likeness (QED) is 0.145. The number of anilines is 1. The number of nitrogens with zero attached hydrogens (tertiary/aromatic N) is 1. The predicted octanol–water partition coefficient (Wildman–Crippen LogP) is 8.01. The number of amides is 2. The van der Waals surface area contributed by atoms with Crippen molar-refractivity contribution in [2.24, 2.45) is 11.7 Å². The second kappa shape index (κ2) is 16.0. The molecule has 0 aromatic heterocycles. The Kier molecular flexibility index (Phi) is 12.1. The number of hydrogen-bond acceptors (Lipinski definition) is 5. The summed E-state index contributed by atoms with van der Waals surface area (Å²) in [5.74, 6) is 0.279. The lowest BCUT2D eigenvalue weighted by Crippen LogP contribution is -2.53. The molecule has 0 aliphatic rings. The molecular weight excluding hydrogens is 591 g/mol. The smallest absolute Gasteiger partial charge is 0.407 e. The average molecular weight is 638 g/mol. The number of ether oxygens (including phenoxy) is 1. The van der Waals surface area contributed by atoms with E-state index in [1.165, 1.54) is 0 Å². The molecule has 0 fully saturated rings. The molecule has 0 saturated heterocycles. The molecule has 0 aliphatic heterocycles. The number of hydrogen-bond donors (Lipinski definition) is 2. The van der Waals surface area contributed by atoms with E-state index in [0.717, 1.165) is 28.8 Å². The molecule has 7 heteroatoms. The van der Waals surface area contributed by atoms with Gasteiger partial charge in [0.1, 0.15) is 5.60 Å². The van der Waals surface area contributed by atoms with Crippen LogP contribution in [-0.4, -0.2) is 42.0 Å².